The van der Waals surface area contributed by atoms with Gasteiger partial charge in [0.2, 0.25) is 0 Å². The molecule has 0 saturated heterocycles. The van der Waals surface area contributed by atoms with E-state index in [0.29, 0.717) is 5.56 Å². The molecule has 3 nitrogen and oxygen atoms in total. The topological polar surface area (TPSA) is 46.5 Å². The fourth-order valence-corrected chi connectivity index (χ4v) is 1.54. The van der Waals surface area contributed by atoms with Gasteiger partial charge >= 0.3 is 5.97 Å². The van der Waals surface area contributed by atoms with Crippen LogP contribution < -0.4 is 0 Å². The van der Waals surface area contributed by atoms with Gasteiger partial charge in [0.05, 0.1) is 5.02 Å². The molecule has 4 heteroatoms. The van der Waals surface area contributed by atoms with Gasteiger partial charge in [0.25, 0.3) is 0 Å². The molecule has 0 bridgehead atoms. The Morgan fingerprint density at radius 1 is 1.56 bits per heavy atom. The van der Waals surface area contributed by atoms with Gasteiger partial charge in [-0.1, -0.05) is 29.8 Å². The first-order valence-electron chi connectivity index (χ1n) is 4.87. The third-order valence-corrected chi connectivity index (χ3v) is 2.45. The number of rotatable bonds is 3. The zero-order valence-electron chi connectivity index (χ0n) is 9.11. The van der Waals surface area contributed by atoms with Crippen LogP contribution >= 0.6 is 11.6 Å². The van der Waals surface area contributed by atoms with Crippen LogP contribution in [0.5, 0.6) is 5.75 Å². The van der Waals surface area contributed by atoms with Gasteiger partial charge in [0, 0.05) is 11.6 Å². The Kier molecular flexibility index (Phi) is 4.38. The Labute approximate surface area is 99.3 Å². The van der Waals surface area contributed by atoms with Crippen LogP contribution in [0.2, 0.25) is 5.02 Å². The summed E-state index contributed by atoms with van der Waals surface area (Å²) < 4.78 is 5.09. The van der Waals surface area contributed by atoms with Crippen molar-refractivity contribution in [3.05, 3.63) is 40.9 Å². The molecule has 0 radical (unpaired) electrons. The second kappa shape index (κ2) is 5.56. The third kappa shape index (κ3) is 3.00. The summed E-state index contributed by atoms with van der Waals surface area (Å²) in [6.07, 6.45) is 2.43. The Bertz CT molecular complexity index is 413. The standard InChI is InChI=1S/C12H13ClO3/c1-3-5-11(15)16-8(2)9-6-4-7-10(14)12(9)13/h3-8,14H,1-2H3/b5-3+. The molecule has 0 aromatic heterocycles. The van der Waals surface area contributed by atoms with E-state index in [2.05, 4.69) is 0 Å². The summed E-state index contributed by atoms with van der Waals surface area (Å²) in [7, 11) is 0. The van der Waals surface area contributed by atoms with Gasteiger partial charge in [-0.25, -0.2) is 4.79 Å². The maximum Gasteiger partial charge on any atom is 0.331 e. The first-order chi connectivity index (χ1) is 7.56. The smallest absolute Gasteiger partial charge is 0.331 e. The molecule has 0 heterocycles. The van der Waals surface area contributed by atoms with Gasteiger partial charge in [-0.3, -0.25) is 0 Å². The number of hydrogen-bond acceptors (Lipinski definition) is 3. The van der Waals surface area contributed by atoms with E-state index in [1.807, 2.05) is 0 Å². The van der Waals surface area contributed by atoms with E-state index in [1.165, 1.54) is 12.1 Å². The minimum absolute atomic E-state index is 0.0203. The molecule has 86 valence electrons. The summed E-state index contributed by atoms with van der Waals surface area (Å²) in [6.45, 7) is 3.43. The highest BCUT2D eigenvalue weighted by atomic mass is 35.5. The molecule has 1 aromatic rings. The number of hydrogen-bond donors (Lipinski definition) is 1. The molecule has 0 saturated carbocycles. The molecule has 16 heavy (non-hydrogen) atoms. The molecular formula is C12H13ClO3. The van der Waals surface area contributed by atoms with E-state index in [9.17, 15) is 9.90 Å². The zero-order chi connectivity index (χ0) is 12.1. The predicted molar refractivity (Wildman–Crippen MR) is 62.4 cm³/mol. The van der Waals surface area contributed by atoms with Crippen molar-refractivity contribution in [2.24, 2.45) is 0 Å². The molecule has 0 aliphatic rings. The van der Waals surface area contributed by atoms with Crippen molar-refractivity contribution in [1.29, 1.82) is 0 Å². The van der Waals surface area contributed by atoms with Crippen LogP contribution in [0.25, 0.3) is 0 Å². The van der Waals surface area contributed by atoms with Crippen molar-refractivity contribution in [3.8, 4) is 5.75 Å². The minimum Gasteiger partial charge on any atom is -0.506 e. The van der Waals surface area contributed by atoms with E-state index in [0.717, 1.165) is 0 Å². The lowest BCUT2D eigenvalue weighted by Crippen LogP contribution is -2.06. The average Bonchev–Trinajstić information content (AvgIpc) is 2.22. The summed E-state index contributed by atoms with van der Waals surface area (Å²) >= 11 is 5.89. The quantitative estimate of drug-likeness (QED) is 0.652. The van der Waals surface area contributed by atoms with Gasteiger partial charge in [-0.05, 0) is 19.9 Å². The van der Waals surface area contributed by atoms with E-state index in [-0.39, 0.29) is 10.8 Å². The molecule has 1 aromatic carbocycles. The van der Waals surface area contributed by atoms with Crippen molar-refractivity contribution >= 4 is 17.6 Å². The number of carbonyl (C=O) groups excluding carboxylic acids is 1. The number of allylic oxidation sites excluding steroid dienone is 1. The maximum absolute atomic E-state index is 11.2. The third-order valence-electron chi connectivity index (χ3n) is 2.04. The first-order valence-corrected chi connectivity index (χ1v) is 5.24. The first kappa shape index (κ1) is 12.6. The van der Waals surface area contributed by atoms with Gasteiger partial charge in [-0.2, -0.15) is 0 Å². The van der Waals surface area contributed by atoms with Crippen LogP contribution in [-0.2, 0) is 9.53 Å². The molecular weight excluding hydrogens is 228 g/mol. The Balaban J connectivity index is 2.84. The largest absolute Gasteiger partial charge is 0.506 e. The van der Waals surface area contributed by atoms with E-state index in [1.54, 1.807) is 32.1 Å². The molecule has 0 aliphatic carbocycles. The lowest BCUT2D eigenvalue weighted by atomic mass is 10.1. The highest BCUT2D eigenvalue weighted by molar-refractivity contribution is 6.32. The monoisotopic (exact) mass is 240 g/mol. The minimum atomic E-state index is -0.497. The fraction of sp³-hybridized carbons (Fsp3) is 0.250. The Morgan fingerprint density at radius 2 is 2.25 bits per heavy atom. The Morgan fingerprint density at radius 3 is 2.88 bits per heavy atom. The number of ether oxygens (including phenoxy) is 1. The van der Waals surface area contributed by atoms with Crippen molar-refractivity contribution in [2.45, 2.75) is 20.0 Å². The number of esters is 1. The highest BCUT2D eigenvalue weighted by Gasteiger charge is 2.14. The second-order valence-corrected chi connectivity index (χ2v) is 3.64. The SMILES string of the molecule is C/C=C/C(=O)OC(C)c1cccc(O)c1Cl. The maximum atomic E-state index is 11.2. The molecule has 0 fully saturated rings. The van der Waals surface area contributed by atoms with Crippen LogP contribution in [0, 0.1) is 0 Å². The molecule has 1 N–H and O–H groups in total. The van der Waals surface area contributed by atoms with Crippen LogP contribution in [0.1, 0.15) is 25.5 Å². The van der Waals surface area contributed by atoms with Crippen LogP contribution in [-0.4, -0.2) is 11.1 Å². The van der Waals surface area contributed by atoms with Gasteiger partial charge < -0.3 is 9.84 Å². The predicted octanol–water partition coefficient (Wildman–Crippen LogP) is 3.23. The normalized spacial score (nSPS) is 12.7. The number of phenols is 1. The fourth-order valence-electron chi connectivity index (χ4n) is 1.26. The molecule has 1 unspecified atom stereocenters. The number of carbonyl (C=O) groups is 1. The number of aromatic hydroxyl groups is 1. The van der Waals surface area contributed by atoms with Crippen molar-refractivity contribution in [3.63, 3.8) is 0 Å². The summed E-state index contributed by atoms with van der Waals surface area (Å²) in [4.78, 5) is 11.2. The van der Waals surface area contributed by atoms with Gasteiger partial charge in [0.1, 0.15) is 11.9 Å². The summed E-state index contributed by atoms with van der Waals surface area (Å²) in [5, 5.41) is 9.61. The van der Waals surface area contributed by atoms with Crippen molar-refractivity contribution in [1.82, 2.24) is 0 Å². The second-order valence-electron chi connectivity index (χ2n) is 3.26. The molecule has 0 spiro atoms. The van der Waals surface area contributed by atoms with Crippen LogP contribution in [0.4, 0.5) is 0 Å². The lowest BCUT2D eigenvalue weighted by molar-refractivity contribution is -0.142. The van der Waals surface area contributed by atoms with Gasteiger partial charge in [0.15, 0.2) is 0 Å². The Hall–Kier alpha value is -1.48. The van der Waals surface area contributed by atoms with E-state index in [4.69, 9.17) is 16.3 Å². The number of benzene rings is 1. The lowest BCUT2D eigenvalue weighted by Gasteiger charge is -2.14. The van der Waals surface area contributed by atoms with E-state index < -0.39 is 12.1 Å². The molecule has 1 atom stereocenters. The number of halogens is 1. The summed E-state index contributed by atoms with van der Waals surface area (Å²) in [6, 6.07) is 4.83. The zero-order valence-corrected chi connectivity index (χ0v) is 9.86. The number of phenolic OH excluding ortho intramolecular Hbond substituents is 1. The summed E-state index contributed by atoms with van der Waals surface area (Å²) in [5.74, 6) is -0.456. The summed E-state index contributed by atoms with van der Waals surface area (Å²) in [5.41, 5.74) is 0.583. The van der Waals surface area contributed by atoms with Crippen LogP contribution in [0.3, 0.4) is 0 Å². The van der Waals surface area contributed by atoms with Crippen LogP contribution in [0.15, 0.2) is 30.4 Å². The average molecular weight is 241 g/mol. The van der Waals surface area contributed by atoms with E-state index >= 15 is 0 Å². The van der Waals surface area contributed by atoms with Crippen molar-refractivity contribution in [2.75, 3.05) is 0 Å². The van der Waals surface area contributed by atoms with Crippen molar-refractivity contribution < 1.29 is 14.6 Å². The molecule has 1 rings (SSSR count). The highest BCUT2D eigenvalue weighted by Crippen LogP contribution is 2.32. The molecule has 0 aliphatic heterocycles. The van der Waals surface area contributed by atoms with Gasteiger partial charge in [-0.15, -0.1) is 0 Å². The molecule has 0 amide bonds.